The van der Waals surface area contributed by atoms with Crippen LogP contribution in [0.1, 0.15) is 0 Å². The van der Waals surface area contributed by atoms with Crippen LogP contribution >= 0.6 is 0 Å². The Labute approximate surface area is 85.3 Å². The molecule has 0 spiro atoms. The molecule has 5 N–H and O–H groups in total. The van der Waals surface area contributed by atoms with Gasteiger partial charge in [0.2, 0.25) is 0 Å². The second-order valence-corrected chi connectivity index (χ2v) is 8.03. The second-order valence-electron chi connectivity index (χ2n) is 2.31. The van der Waals surface area contributed by atoms with Gasteiger partial charge in [0.05, 0.1) is 0 Å². The van der Waals surface area contributed by atoms with Gasteiger partial charge in [0.15, 0.2) is 0 Å². The first-order valence-electron chi connectivity index (χ1n) is 2.92. The first-order chi connectivity index (χ1) is 6.31. The Bertz CT molecular complexity index is 457. The predicted octanol–water partition coefficient (Wildman–Crippen LogP) is -2.74. The van der Waals surface area contributed by atoms with Crippen molar-refractivity contribution in [3.8, 4) is 0 Å². The summed E-state index contributed by atoms with van der Waals surface area (Å²) < 4.78 is 84.4. The van der Waals surface area contributed by atoms with Gasteiger partial charge >= 0.3 is 33.8 Å². The fraction of sp³-hybridized carbons (Fsp3) is 1.00. The molecule has 0 aliphatic rings. The van der Waals surface area contributed by atoms with Crippen molar-refractivity contribution in [1.29, 1.82) is 0 Å². The van der Waals surface area contributed by atoms with Crippen LogP contribution in [-0.4, -0.2) is 48.9 Å². The van der Waals surface area contributed by atoms with E-state index >= 15 is 0 Å². The van der Waals surface area contributed by atoms with Crippen LogP contribution in [0.3, 0.4) is 0 Å². The SMILES string of the molecule is NCC(S(=O)(=O)O)(S(=O)(=O)O)S(=O)(=O)O. The van der Waals surface area contributed by atoms with E-state index < -0.39 is 40.3 Å². The highest BCUT2D eigenvalue weighted by atomic mass is 32.3. The molecular weight excluding hydrogens is 278 g/mol. The highest BCUT2D eigenvalue weighted by Crippen LogP contribution is 2.27. The summed E-state index contributed by atoms with van der Waals surface area (Å²) in [6.45, 7) is -1.77. The predicted molar refractivity (Wildman–Crippen MR) is 46.4 cm³/mol. The standard InChI is InChI=1S/C2H7NO9S3/c3-1-2(13(4,5)6,14(7,8)9)15(10,11)12/h1,3H2,(H,4,5,6)(H,7,8,9)(H,10,11,12). The van der Waals surface area contributed by atoms with Crippen molar-refractivity contribution in [3.63, 3.8) is 0 Å². The molecule has 0 aliphatic carbocycles. The fourth-order valence-electron chi connectivity index (χ4n) is 0.715. The Balaban J connectivity index is 6.58. The van der Waals surface area contributed by atoms with E-state index in [-0.39, 0.29) is 0 Å². The summed E-state index contributed by atoms with van der Waals surface area (Å²) in [5, 5.41) is 0. The minimum atomic E-state index is -5.89. The zero-order valence-corrected chi connectivity index (χ0v) is 9.25. The summed E-state index contributed by atoms with van der Waals surface area (Å²) >= 11 is 0. The number of nitrogens with two attached hydrogens (primary N) is 1. The molecule has 0 rings (SSSR count). The van der Waals surface area contributed by atoms with Crippen molar-refractivity contribution in [2.24, 2.45) is 5.73 Å². The van der Waals surface area contributed by atoms with E-state index in [2.05, 4.69) is 5.73 Å². The molecule has 0 heterocycles. The second kappa shape index (κ2) is 3.62. The van der Waals surface area contributed by atoms with Crippen LogP contribution in [0, 0.1) is 0 Å². The van der Waals surface area contributed by atoms with Crippen molar-refractivity contribution in [1.82, 2.24) is 0 Å². The van der Waals surface area contributed by atoms with Gasteiger partial charge in [-0.25, -0.2) is 0 Å². The third kappa shape index (κ3) is 2.12. The molecule has 15 heavy (non-hydrogen) atoms. The highest BCUT2D eigenvalue weighted by Gasteiger charge is 2.64. The van der Waals surface area contributed by atoms with Crippen LogP contribution in [0.5, 0.6) is 0 Å². The van der Waals surface area contributed by atoms with Crippen LogP contribution in [0.15, 0.2) is 0 Å². The maximum Gasteiger partial charge on any atom is 0.357 e. The molecule has 0 amide bonds. The summed E-state index contributed by atoms with van der Waals surface area (Å²) in [5.74, 6) is 0. The first kappa shape index (κ1) is 14.7. The Kier molecular flexibility index (Phi) is 3.54. The maximum absolute atomic E-state index is 10.6. The third-order valence-corrected chi connectivity index (χ3v) is 8.08. The van der Waals surface area contributed by atoms with Gasteiger partial charge in [-0.05, 0) is 0 Å². The topological polar surface area (TPSA) is 189 Å². The van der Waals surface area contributed by atoms with E-state index in [0.717, 1.165) is 0 Å². The quantitative estimate of drug-likeness (QED) is 0.394. The summed E-state index contributed by atoms with van der Waals surface area (Å²) in [6, 6.07) is 0. The normalized spacial score (nSPS) is 15.2. The van der Waals surface area contributed by atoms with E-state index in [4.69, 9.17) is 13.7 Å². The molecule has 0 aliphatic heterocycles. The van der Waals surface area contributed by atoms with E-state index in [9.17, 15) is 25.3 Å². The zero-order valence-electron chi connectivity index (χ0n) is 6.80. The van der Waals surface area contributed by atoms with Crippen LogP contribution in [0.25, 0.3) is 0 Å². The molecule has 0 bridgehead atoms. The van der Waals surface area contributed by atoms with Crippen molar-refractivity contribution in [2.45, 2.75) is 3.41 Å². The van der Waals surface area contributed by atoms with Gasteiger partial charge in [0, 0.05) is 6.54 Å². The van der Waals surface area contributed by atoms with Crippen molar-refractivity contribution >= 4 is 30.4 Å². The molecule has 13 heteroatoms. The lowest BCUT2D eigenvalue weighted by Crippen LogP contribution is -2.57. The summed E-state index contributed by atoms with van der Waals surface area (Å²) in [6.07, 6.45) is 0. The van der Waals surface area contributed by atoms with E-state index in [1.54, 1.807) is 0 Å². The van der Waals surface area contributed by atoms with Crippen LogP contribution in [0.2, 0.25) is 0 Å². The zero-order chi connectivity index (χ0) is 12.7. The summed E-state index contributed by atoms with van der Waals surface area (Å²) in [5.41, 5.74) is 4.55. The largest absolute Gasteiger partial charge is 0.357 e. The fourth-order valence-corrected chi connectivity index (χ4v) is 4.54. The van der Waals surface area contributed by atoms with Crippen molar-refractivity contribution in [2.75, 3.05) is 6.54 Å². The molecule has 10 nitrogen and oxygen atoms in total. The smallest absolute Gasteiger partial charge is 0.327 e. The van der Waals surface area contributed by atoms with E-state index in [1.165, 1.54) is 0 Å². The lowest BCUT2D eigenvalue weighted by Gasteiger charge is -2.21. The minimum Gasteiger partial charge on any atom is -0.327 e. The molecule has 0 unspecified atom stereocenters. The lowest BCUT2D eigenvalue weighted by molar-refractivity contribution is 0.424. The van der Waals surface area contributed by atoms with E-state index in [1.807, 2.05) is 0 Å². The van der Waals surface area contributed by atoms with Gasteiger partial charge in [0.25, 0.3) is 0 Å². The monoisotopic (exact) mass is 285 g/mol. The van der Waals surface area contributed by atoms with Crippen LogP contribution in [0.4, 0.5) is 0 Å². The summed E-state index contributed by atoms with van der Waals surface area (Å²) in [7, 11) is -17.7. The lowest BCUT2D eigenvalue weighted by atomic mass is 10.8. The molecule has 0 fully saturated rings. The molecule has 0 saturated carbocycles. The molecule has 0 aromatic rings. The maximum atomic E-state index is 10.6. The Morgan fingerprint density at radius 3 is 1.00 bits per heavy atom. The van der Waals surface area contributed by atoms with Gasteiger partial charge in [-0.1, -0.05) is 0 Å². The average molecular weight is 285 g/mol. The van der Waals surface area contributed by atoms with Crippen LogP contribution in [-0.2, 0) is 30.4 Å². The van der Waals surface area contributed by atoms with Crippen LogP contribution < -0.4 is 5.73 Å². The van der Waals surface area contributed by atoms with Gasteiger partial charge < -0.3 is 5.73 Å². The van der Waals surface area contributed by atoms with Crippen molar-refractivity contribution < 1.29 is 38.9 Å². The minimum absolute atomic E-state index is 1.77. The number of hydrogen-bond donors (Lipinski definition) is 4. The molecule has 0 radical (unpaired) electrons. The van der Waals surface area contributed by atoms with Gasteiger partial charge in [-0.3, -0.25) is 13.7 Å². The highest BCUT2D eigenvalue weighted by molar-refractivity contribution is 8.21. The Hall–Kier alpha value is -0.310. The van der Waals surface area contributed by atoms with Gasteiger partial charge in [-0.2, -0.15) is 25.3 Å². The van der Waals surface area contributed by atoms with Gasteiger partial charge in [-0.15, -0.1) is 0 Å². The Morgan fingerprint density at radius 2 is 1.00 bits per heavy atom. The molecule has 92 valence electrons. The van der Waals surface area contributed by atoms with Gasteiger partial charge in [0.1, 0.15) is 0 Å². The molecular formula is C2H7NO9S3. The number of rotatable bonds is 4. The summed E-state index contributed by atoms with van der Waals surface area (Å²) in [4.78, 5) is 0. The molecule has 0 atom stereocenters. The third-order valence-electron chi connectivity index (χ3n) is 1.43. The first-order valence-corrected chi connectivity index (χ1v) is 7.24. The molecule has 0 aromatic heterocycles. The molecule has 0 saturated heterocycles. The Morgan fingerprint density at radius 1 is 0.800 bits per heavy atom. The molecule has 0 aromatic carbocycles. The number of hydrogen-bond acceptors (Lipinski definition) is 7. The average Bonchev–Trinajstić information content (AvgIpc) is 1.76. The van der Waals surface area contributed by atoms with Crippen molar-refractivity contribution in [3.05, 3.63) is 0 Å². The van der Waals surface area contributed by atoms with E-state index in [0.29, 0.717) is 0 Å².